The molecule has 1 fully saturated rings. The highest BCUT2D eigenvalue weighted by atomic mass is 35.5. The summed E-state index contributed by atoms with van der Waals surface area (Å²) in [4.78, 5) is 35.6. The minimum atomic E-state index is -1.04. The van der Waals surface area contributed by atoms with E-state index in [9.17, 15) is 13.8 Å². The molecule has 186 valence electrons. The largest absolute Gasteiger partial charge is 0.342 e. The highest BCUT2D eigenvalue weighted by molar-refractivity contribution is 7.84. The van der Waals surface area contributed by atoms with Gasteiger partial charge in [0.05, 0.1) is 27.7 Å². The summed E-state index contributed by atoms with van der Waals surface area (Å²) in [7, 11) is -1.04. The zero-order valence-electron chi connectivity index (χ0n) is 19.2. The lowest BCUT2D eigenvalue weighted by atomic mass is 10.1. The van der Waals surface area contributed by atoms with Crippen LogP contribution in [0.3, 0.4) is 0 Å². The zero-order valence-corrected chi connectivity index (χ0v) is 21.6. The van der Waals surface area contributed by atoms with Gasteiger partial charge in [0.1, 0.15) is 5.82 Å². The number of carbonyl (C=O) groups is 2. The number of likely N-dealkylation sites (tertiary alicyclic amines) is 1. The lowest BCUT2D eigenvalue weighted by molar-refractivity contribution is 0.0740. The molecule has 1 aromatic heterocycles. The predicted octanol–water partition coefficient (Wildman–Crippen LogP) is 3.67. The molecule has 1 saturated heterocycles. The Balaban J connectivity index is 1.54. The lowest BCUT2D eigenvalue weighted by Crippen LogP contribution is -2.40. The molecule has 1 aliphatic heterocycles. The van der Waals surface area contributed by atoms with Crippen molar-refractivity contribution in [2.45, 2.75) is 31.3 Å². The highest BCUT2D eigenvalue weighted by Crippen LogP contribution is 2.26. The molecule has 4 rings (SSSR count). The number of H-pyrrole nitrogens is 1. The first kappa shape index (κ1) is 25.6. The zero-order chi connectivity index (χ0) is 25.1. The van der Waals surface area contributed by atoms with Crippen LogP contribution in [-0.4, -0.2) is 62.0 Å². The summed E-state index contributed by atoms with van der Waals surface area (Å²) >= 11 is 12.5. The summed E-state index contributed by atoms with van der Waals surface area (Å²) in [5.41, 5.74) is 7.91. The van der Waals surface area contributed by atoms with E-state index in [-0.39, 0.29) is 22.9 Å². The Morgan fingerprint density at radius 2 is 2.09 bits per heavy atom. The second-order valence-electron chi connectivity index (χ2n) is 8.60. The molecule has 2 heterocycles. The predicted molar refractivity (Wildman–Crippen MR) is 139 cm³/mol. The average molecular weight is 536 g/mol. The number of aromatic nitrogens is 2. The van der Waals surface area contributed by atoms with Crippen molar-refractivity contribution >= 4 is 56.8 Å². The molecule has 0 radical (unpaired) electrons. The summed E-state index contributed by atoms with van der Waals surface area (Å²) in [6, 6.07) is 9.43. The van der Waals surface area contributed by atoms with E-state index in [1.165, 1.54) is 6.07 Å². The van der Waals surface area contributed by atoms with E-state index in [1.54, 1.807) is 41.5 Å². The first-order chi connectivity index (χ1) is 16.8. The van der Waals surface area contributed by atoms with Crippen molar-refractivity contribution in [2.75, 3.05) is 25.1 Å². The van der Waals surface area contributed by atoms with E-state index in [2.05, 4.69) is 15.3 Å². The number of aromatic amines is 1. The fourth-order valence-corrected chi connectivity index (χ4v) is 5.30. The Labute approximate surface area is 216 Å². The van der Waals surface area contributed by atoms with Gasteiger partial charge < -0.3 is 20.9 Å². The van der Waals surface area contributed by atoms with E-state index in [4.69, 9.17) is 28.9 Å². The molecule has 3 atom stereocenters. The molecule has 2 unspecified atom stereocenters. The van der Waals surface area contributed by atoms with E-state index < -0.39 is 16.8 Å². The second kappa shape index (κ2) is 11.1. The van der Waals surface area contributed by atoms with Crippen LogP contribution in [0.25, 0.3) is 11.0 Å². The van der Waals surface area contributed by atoms with E-state index in [0.29, 0.717) is 52.8 Å². The van der Waals surface area contributed by atoms with Gasteiger partial charge in [0.15, 0.2) is 0 Å². The molecule has 11 heteroatoms. The summed E-state index contributed by atoms with van der Waals surface area (Å²) in [6.07, 6.45) is 3.81. The molecular formula is C24H27Cl2N5O3S. The third-order valence-electron chi connectivity index (χ3n) is 6.16. The van der Waals surface area contributed by atoms with Crippen molar-refractivity contribution in [3.63, 3.8) is 0 Å². The van der Waals surface area contributed by atoms with Gasteiger partial charge in [0.2, 0.25) is 0 Å². The molecule has 0 saturated carbocycles. The van der Waals surface area contributed by atoms with Gasteiger partial charge in [-0.25, -0.2) is 4.98 Å². The normalized spacial score (nSPS) is 17.5. The lowest BCUT2D eigenvalue weighted by Gasteiger charge is -2.24. The summed E-state index contributed by atoms with van der Waals surface area (Å²) < 4.78 is 11.7. The number of nitrogens with two attached hydrogens (primary N) is 1. The number of rotatable bonds is 8. The van der Waals surface area contributed by atoms with Crippen LogP contribution in [0, 0.1) is 0 Å². The minimum absolute atomic E-state index is 0.00473. The molecule has 0 spiro atoms. The number of fused-ring (bicyclic) bond motifs is 1. The van der Waals surface area contributed by atoms with Gasteiger partial charge in [0.25, 0.3) is 11.8 Å². The van der Waals surface area contributed by atoms with Crippen molar-refractivity contribution in [3.8, 4) is 0 Å². The molecule has 0 bridgehead atoms. The fraction of sp³-hybridized carbons (Fsp3) is 0.375. The number of hydrogen-bond donors (Lipinski definition) is 3. The summed E-state index contributed by atoms with van der Waals surface area (Å²) in [6.45, 7) is 1.05. The average Bonchev–Trinajstić information content (AvgIpc) is 3.47. The third-order valence-corrected chi connectivity index (χ3v) is 7.52. The van der Waals surface area contributed by atoms with Crippen LogP contribution in [0.15, 0.2) is 36.4 Å². The molecule has 0 aliphatic carbocycles. The van der Waals surface area contributed by atoms with Gasteiger partial charge in [-0.2, -0.15) is 0 Å². The molecule has 2 amide bonds. The first-order valence-electron chi connectivity index (χ1n) is 11.3. The fourth-order valence-electron chi connectivity index (χ4n) is 4.30. The highest BCUT2D eigenvalue weighted by Gasteiger charge is 2.30. The number of hydrogen-bond acceptors (Lipinski definition) is 5. The number of imidazole rings is 1. The van der Waals surface area contributed by atoms with Crippen LogP contribution in [0.2, 0.25) is 10.0 Å². The Morgan fingerprint density at radius 3 is 2.80 bits per heavy atom. The molecule has 4 N–H and O–H groups in total. The topological polar surface area (TPSA) is 121 Å². The number of benzene rings is 2. The molecule has 3 aromatic rings. The molecule has 2 aromatic carbocycles. The minimum Gasteiger partial charge on any atom is -0.342 e. The van der Waals surface area contributed by atoms with Crippen LogP contribution >= 0.6 is 23.2 Å². The Bertz CT molecular complexity index is 1280. The SMILES string of the molecule is CS(=O)CCC(NC(=O)c1ccc(C(=O)N2CCC[C@@H]2CN)c(Cl)c1)c1nc2ccc(Cl)cc2[nH]1. The van der Waals surface area contributed by atoms with Gasteiger partial charge >= 0.3 is 0 Å². The van der Waals surface area contributed by atoms with Crippen molar-refractivity contribution in [1.29, 1.82) is 0 Å². The second-order valence-corrected chi connectivity index (χ2v) is 11.0. The van der Waals surface area contributed by atoms with Crippen molar-refractivity contribution < 1.29 is 13.8 Å². The van der Waals surface area contributed by atoms with Gasteiger partial charge in [-0.1, -0.05) is 23.2 Å². The van der Waals surface area contributed by atoms with Crippen LogP contribution in [0.5, 0.6) is 0 Å². The number of amides is 2. The van der Waals surface area contributed by atoms with E-state index in [0.717, 1.165) is 18.4 Å². The van der Waals surface area contributed by atoms with Crippen molar-refractivity contribution in [1.82, 2.24) is 20.2 Å². The van der Waals surface area contributed by atoms with Gasteiger partial charge in [0, 0.05) is 52.5 Å². The molecule has 35 heavy (non-hydrogen) atoms. The maximum atomic E-state index is 13.1. The standard InChI is InChI=1S/C24H27Cl2N5O3S/c1-35(34)10-8-20(22-28-19-7-5-15(25)12-21(19)29-22)30-23(32)14-4-6-17(18(26)11-14)24(33)31-9-2-3-16(31)13-27/h4-7,11-12,16,20H,2-3,8-10,13,27H2,1H3,(H,28,29)(H,30,32)/t16-,20?,35?/m1/s1. The molecular weight excluding hydrogens is 509 g/mol. The van der Waals surface area contributed by atoms with Crippen LogP contribution in [-0.2, 0) is 10.8 Å². The van der Waals surface area contributed by atoms with Gasteiger partial charge in [-0.15, -0.1) is 0 Å². The monoisotopic (exact) mass is 535 g/mol. The van der Waals surface area contributed by atoms with Crippen molar-refractivity contribution in [2.24, 2.45) is 5.73 Å². The Kier molecular flexibility index (Phi) is 8.11. The smallest absolute Gasteiger partial charge is 0.255 e. The number of carbonyl (C=O) groups excluding carboxylic acids is 2. The van der Waals surface area contributed by atoms with Gasteiger partial charge in [-0.05, 0) is 55.7 Å². The molecule has 1 aliphatic rings. The van der Waals surface area contributed by atoms with Crippen LogP contribution in [0.4, 0.5) is 0 Å². The van der Waals surface area contributed by atoms with E-state index >= 15 is 0 Å². The summed E-state index contributed by atoms with van der Waals surface area (Å²) in [5, 5.41) is 3.73. The maximum absolute atomic E-state index is 13.1. The van der Waals surface area contributed by atoms with Crippen LogP contribution < -0.4 is 11.1 Å². The Hall–Kier alpha value is -2.46. The first-order valence-corrected chi connectivity index (χ1v) is 13.8. The molecule has 8 nitrogen and oxygen atoms in total. The number of nitrogens with zero attached hydrogens (tertiary/aromatic N) is 2. The van der Waals surface area contributed by atoms with Crippen LogP contribution in [0.1, 0.15) is 51.8 Å². The number of nitrogens with one attached hydrogen (secondary N) is 2. The van der Waals surface area contributed by atoms with E-state index in [1.807, 2.05) is 0 Å². The number of halogens is 2. The van der Waals surface area contributed by atoms with Gasteiger partial charge in [-0.3, -0.25) is 13.8 Å². The van der Waals surface area contributed by atoms with Crippen molar-refractivity contribution in [3.05, 3.63) is 63.4 Å². The maximum Gasteiger partial charge on any atom is 0.255 e. The third kappa shape index (κ3) is 5.86. The quantitative estimate of drug-likeness (QED) is 0.406. The summed E-state index contributed by atoms with van der Waals surface area (Å²) in [5.74, 6) is 0.368. The Morgan fingerprint density at radius 1 is 1.29 bits per heavy atom.